The van der Waals surface area contributed by atoms with Gasteiger partial charge in [-0.3, -0.25) is 0 Å². The Hall–Kier alpha value is -0.0800. The van der Waals surface area contributed by atoms with Crippen LogP contribution in [0.5, 0.6) is 0 Å². The predicted molar refractivity (Wildman–Crippen MR) is 51.2 cm³/mol. The van der Waals surface area contributed by atoms with Crippen LogP contribution < -0.4 is 10.6 Å². The Morgan fingerprint density at radius 1 is 1.08 bits per heavy atom. The Kier molecular flexibility index (Phi) is 3.01. The van der Waals surface area contributed by atoms with Crippen LogP contribution in [-0.4, -0.2) is 25.7 Å². The minimum absolute atomic E-state index is 0.806. The SMILES string of the molecule is C1CNCCC(NCC2CC2)C1. The summed E-state index contributed by atoms with van der Waals surface area (Å²) in [6.07, 6.45) is 6.99. The summed E-state index contributed by atoms with van der Waals surface area (Å²) < 4.78 is 0. The van der Waals surface area contributed by atoms with Crippen LogP contribution in [0.4, 0.5) is 0 Å². The van der Waals surface area contributed by atoms with Gasteiger partial charge in [-0.2, -0.15) is 0 Å². The van der Waals surface area contributed by atoms with Crippen LogP contribution in [0.1, 0.15) is 32.1 Å². The third-order valence-electron chi connectivity index (χ3n) is 2.97. The first-order chi connectivity index (χ1) is 5.95. The van der Waals surface area contributed by atoms with Gasteiger partial charge in [0.25, 0.3) is 0 Å². The lowest BCUT2D eigenvalue weighted by Gasteiger charge is -2.15. The largest absolute Gasteiger partial charge is 0.317 e. The molecule has 0 aromatic heterocycles. The van der Waals surface area contributed by atoms with E-state index in [9.17, 15) is 0 Å². The molecule has 1 saturated heterocycles. The average Bonchev–Trinajstić information content (AvgIpc) is 2.90. The molecule has 2 fully saturated rings. The van der Waals surface area contributed by atoms with Crippen LogP contribution in [0.15, 0.2) is 0 Å². The molecule has 1 aliphatic heterocycles. The fourth-order valence-corrected chi connectivity index (χ4v) is 1.88. The molecule has 2 aliphatic rings. The maximum atomic E-state index is 3.68. The van der Waals surface area contributed by atoms with E-state index in [2.05, 4.69) is 10.6 Å². The van der Waals surface area contributed by atoms with Crippen LogP contribution >= 0.6 is 0 Å². The summed E-state index contributed by atoms with van der Waals surface area (Å²) in [7, 11) is 0. The highest BCUT2D eigenvalue weighted by Gasteiger charge is 2.22. The van der Waals surface area contributed by atoms with Gasteiger partial charge in [0.2, 0.25) is 0 Å². The van der Waals surface area contributed by atoms with E-state index in [0.717, 1.165) is 12.0 Å². The Morgan fingerprint density at radius 3 is 2.83 bits per heavy atom. The molecule has 0 amide bonds. The third kappa shape index (κ3) is 2.76. The fourth-order valence-electron chi connectivity index (χ4n) is 1.88. The maximum Gasteiger partial charge on any atom is 0.00797 e. The molecule has 12 heavy (non-hydrogen) atoms. The van der Waals surface area contributed by atoms with Gasteiger partial charge in [0.05, 0.1) is 0 Å². The second-order valence-corrected chi connectivity index (χ2v) is 4.23. The van der Waals surface area contributed by atoms with E-state index in [1.165, 1.54) is 51.7 Å². The van der Waals surface area contributed by atoms with E-state index in [1.807, 2.05) is 0 Å². The van der Waals surface area contributed by atoms with E-state index >= 15 is 0 Å². The summed E-state index contributed by atoms with van der Waals surface area (Å²) in [5, 5.41) is 7.12. The highest BCUT2D eigenvalue weighted by Crippen LogP contribution is 2.27. The first-order valence-electron chi connectivity index (χ1n) is 5.39. The van der Waals surface area contributed by atoms with Crippen LogP contribution in [-0.2, 0) is 0 Å². The normalized spacial score (nSPS) is 31.5. The van der Waals surface area contributed by atoms with Gasteiger partial charge in [-0.1, -0.05) is 0 Å². The topological polar surface area (TPSA) is 24.1 Å². The quantitative estimate of drug-likeness (QED) is 0.660. The molecule has 1 atom stereocenters. The van der Waals surface area contributed by atoms with Crippen molar-refractivity contribution in [3.05, 3.63) is 0 Å². The second kappa shape index (κ2) is 4.24. The Bertz CT molecular complexity index is 124. The molecule has 2 N–H and O–H groups in total. The Balaban J connectivity index is 1.62. The predicted octanol–water partition coefficient (Wildman–Crippen LogP) is 1.13. The van der Waals surface area contributed by atoms with E-state index < -0.39 is 0 Å². The van der Waals surface area contributed by atoms with Crippen molar-refractivity contribution in [2.24, 2.45) is 5.92 Å². The summed E-state index contributed by atoms with van der Waals surface area (Å²) in [6, 6.07) is 0.806. The number of hydrogen-bond acceptors (Lipinski definition) is 2. The minimum Gasteiger partial charge on any atom is -0.317 e. The van der Waals surface area contributed by atoms with Crippen LogP contribution in [0.25, 0.3) is 0 Å². The average molecular weight is 168 g/mol. The van der Waals surface area contributed by atoms with Crippen molar-refractivity contribution in [1.29, 1.82) is 0 Å². The summed E-state index contributed by atoms with van der Waals surface area (Å²) in [5.74, 6) is 1.03. The second-order valence-electron chi connectivity index (χ2n) is 4.23. The molecule has 2 heteroatoms. The Morgan fingerprint density at radius 2 is 2.00 bits per heavy atom. The highest BCUT2D eigenvalue weighted by molar-refractivity contribution is 4.79. The van der Waals surface area contributed by atoms with Gasteiger partial charge in [-0.05, 0) is 57.7 Å². The smallest absolute Gasteiger partial charge is 0.00797 e. The lowest BCUT2D eigenvalue weighted by Crippen LogP contribution is -2.31. The lowest BCUT2D eigenvalue weighted by atomic mass is 10.1. The monoisotopic (exact) mass is 168 g/mol. The lowest BCUT2D eigenvalue weighted by molar-refractivity contribution is 0.458. The molecule has 2 nitrogen and oxygen atoms in total. The summed E-state index contributed by atoms with van der Waals surface area (Å²) >= 11 is 0. The van der Waals surface area contributed by atoms with Gasteiger partial charge in [0.15, 0.2) is 0 Å². The van der Waals surface area contributed by atoms with Crippen molar-refractivity contribution in [3.63, 3.8) is 0 Å². The van der Waals surface area contributed by atoms with E-state index in [-0.39, 0.29) is 0 Å². The van der Waals surface area contributed by atoms with E-state index in [4.69, 9.17) is 0 Å². The molecule has 1 saturated carbocycles. The molecule has 1 unspecified atom stereocenters. The Labute approximate surface area is 75.1 Å². The van der Waals surface area contributed by atoms with Crippen molar-refractivity contribution in [1.82, 2.24) is 10.6 Å². The first kappa shape index (κ1) is 8.52. The molecular formula is C10H20N2. The number of rotatable bonds is 3. The van der Waals surface area contributed by atoms with Gasteiger partial charge < -0.3 is 10.6 Å². The summed E-state index contributed by atoms with van der Waals surface area (Å²) in [6.45, 7) is 3.72. The number of hydrogen-bond donors (Lipinski definition) is 2. The zero-order valence-corrected chi connectivity index (χ0v) is 7.81. The van der Waals surface area contributed by atoms with E-state index in [0.29, 0.717) is 0 Å². The molecule has 0 aromatic carbocycles. The van der Waals surface area contributed by atoms with Gasteiger partial charge in [-0.15, -0.1) is 0 Å². The van der Waals surface area contributed by atoms with Gasteiger partial charge in [0, 0.05) is 6.04 Å². The minimum atomic E-state index is 0.806. The molecule has 0 bridgehead atoms. The van der Waals surface area contributed by atoms with Gasteiger partial charge in [-0.25, -0.2) is 0 Å². The molecule has 0 aromatic rings. The van der Waals surface area contributed by atoms with Crippen LogP contribution in [0.2, 0.25) is 0 Å². The van der Waals surface area contributed by atoms with Crippen molar-refractivity contribution >= 4 is 0 Å². The van der Waals surface area contributed by atoms with Crippen molar-refractivity contribution in [2.75, 3.05) is 19.6 Å². The van der Waals surface area contributed by atoms with Crippen molar-refractivity contribution < 1.29 is 0 Å². The summed E-state index contributed by atoms with van der Waals surface area (Å²) in [5.41, 5.74) is 0. The van der Waals surface area contributed by atoms with E-state index in [1.54, 1.807) is 0 Å². The zero-order valence-electron chi connectivity index (χ0n) is 7.81. The molecular weight excluding hydrogens is 148 g/mol. The third-order valence-corrected chi connectivity index (χ3v) is 2.97. The zero-order chi connectivity index (χ0) is 8.23. The molecule has 1 heterocycles. The summed E-state index contributed by atoms with van der Waals surface area (Å²) in [4.78, 5) is 0. The highest BCUT2D eigenvalue weighted by atomic mass is 14.9. The number of nitrogens with one attached hydrogen (secondary N) is 2. The molecule has 70 valence electrons. The molecule has 1 aliphatic carbocycles. The molecule has 0 spiro atoms. The van der Waals surface area contributed by atoms with Crippen molar-refractivity contribution in [3.8, 4) is 0 Å². The molecule has 0 radical (unpaired) electrons. The fraction of sp³-hybridized carbons (Fsp3) is 1.00. The van der Waals surface area contributed by atoms with Gasteiger partial charge in [0.1, 0.15) is 0 Å². The molecule has 2 rings (SSSR count). The van der Waals surface area contributed by atoms with Crippen molar-refractivity contribution in [2.45, 2.75) is 38.1 Å². The standard InChI is InChI=1S/C10H20N2/c1-2-10(5-7-11-6-1)12-8-9-3-4-9/h9-12H,1-8H2. The maximum absolute atomic E-state index is 3.68. The van der Waals surface area contributed by atoms with Crippen LogP contribution in [0.3, 0.4) is 0 Å². The van der Waals surface area contributed by atoms with Gasteiger partial charge >= 0.3 is 0 Å². The van der Waals surface area contributed by atoms with Crippen LogP contribution in [0, 0.1) is 5.92 Å². The first-order valence-corrected chi connectivity index (χ1v) is 5.39.